The number of pyridine rings is 1. The van der Waals surface area contributed by atoms with E-state index >= 15 is 0 Å². The fourth-order valence-corrected chi connectivity index (χ4v) is 3.03. The lowest BCUT2D eigenvalue weighted by Crippen LogP contribution is -2.21. The molecule has 130 valence electrons. The van der Waals surface area contributed by atoms with E-state index in [2.05, 4.69) is 15.3 Å². The molecule has 10 heteroatoms. The Hall–Kier alpha value is -2.23. The zero-order valence-electron chi connectivity index (χ0n) is 12.3. The van der Waals surface area contributed by atoms with Crippen LogP contribution in [-0.2, 0) is 9.59 Å². The smallest absolute Gasteiger partial charge is 0.475 e. The molecule has 2 aromatic rings. The summed E-state index contributed by atoms with van der Waals surface area (Å²) >= 11 is 1.43. The Morgan fingerprint density at radius 3 is 2.46 bits per heavy atom. The largest absolute Gasteiger partial charge is 0.490 e. The summed E-state index contributed by atoms with van der Waals surface area (Å²) in [6.45, 7) is 0. The van der Waals surface area contributed by atoms with Crippen molar-refractivity contribution in [3.63, 3.8) is 0 Å². The van der Waals surface area contributed by atoms with Gasteiger partial charge in [0, 0.05) is 12.1 Å². The van der Waals surface area contributed by atoms with E-state index in [4.69, 9.17) is 9.90 Å². The quantitative estimate of drug-likeness (QED) is 0.855. The molecule has 1 fully saturated rings. The summed E-state index contributed by atoms with van der Waals surface area (Å²) in [5.41, 5.74) is 0.847. The Kier molecular flexibility index (Phi) is 5.71. The number of hydrogen-bond donors (Lipinski definition) is 2. The number of thiazole rings is 1. The Bertz CT molecular complexity index is 694. The number of nitrogens with zero attached hydrogens (tertiary/aromatic N) is 2. The topological polar surface area (TPSA) is 92.2 Å². The van der Waals surface area contributed by atoms with Gasteiger partial charge in [0.05, 0.1) is 0 Å². The number of alkyl halides is 3. The lowest BCUT2D eigenvalue weighted by Gasteiger charge is -2.06. The molecule has 2 aromatic heterocycles. The molecule has 0 aliphatic heterocycles. The van der Waals surface area contributed by atoms with Crippen LogP contribution in [0.15, 0.2) is 18.3 Å². The Balaban J connectivity index is 0.000000256. The van der Waals surface area contributed by atoms with Crippen molar-refractivity contribution in [1.29, 1.82) is 0 Å². The molecule has 24 heavy (non-hydrogen) atoms. The van der Waals surface area contributed by atoms with Gasteiger partial charge >= 0.3 is 12.1 Å². The minimum atomic E-state index is -5.08. The lowest BCUT2D eigenvalue weighted by atomic mass is 10.1. The van der Waals surface area contributed by atoms with Crippen LogP contribution >= 0.6 is 11.3 Å². The van der Waals surface area contributed by atoms with E-state index in [0.717, 1.165) is 23.2 Å². The fourth-order valence-electron chi connectivity index (χ4n) is 2.22. The van der Waals surface area contributed by atoms with Crippen molar-refractivity contribution in [3.05, 3.63) is 18.3 Å². The van der Waals surface area contributed by atoms with Gasteiger partial charge in [0.1, 0.15) is 10.3 Å². The van der Waals surface area contributed by atoms with E-state index in [0.29, 0.717) is 5.13 Å². The third-order valence-corrected chi connectivity index (χ3v) is 4.26. The van der Waals surface area contributed by atoms with Gasteiger partial charge in [-0.25, -0.2) is 14.8 Å². The van der Waals surface area contributed by atoms with Gasteiger partial charge in [-0.2, -0.15) is 13.2 Å². The zero-order chi connectivity index (χ0) is 17.7. The number of fused-ring (bicyclic) bond motifs is 1. The van der Waals surface area contributed by atoms with Gasteiger partial charge in [0.25, 0.3) is 0 Å². The highest BCUT2D eigenvalue weighted by Crippen LogP contribution is 2.28. The first-order valence-corrected chi connectivity index (χ1v) is 7.91. The Morgan fingerprint density at radius 2 is 1.92 bits per heavy atom. The van der Waals surface area contributed by atoms with E-state index in [1.165, 1.54) is 24.2 Å². The van der Waals surface area contributed by atoms with Crippen molar-refractivity contribution < 1.29 is 27.9 Å². The first kappa shape index (κ1) is 18.1. The number of amides is 1. The van der Waals surface area contributed by atoms with E-state index < -0.39 is 12.1 Å². The first-order chi connectivity index (χ1) is 11.3. The van der Waals surface area contributed by atoms with Crippen LogP contribution in [-0.4, -0.2) is 33.1 Å². The fraction of sp³-hybridized carbons (Fsp3) is 0.429. The summed E-state index contributed by atoms with van der Waals surface area (Å²) in [4.78, 5) is 30.3. The third kappa shape index (κ3) is 4.88. The average Bonchev–Trinajstić information content (AvgIpc) is 3.15. The molecule has 1 saturated carbocycles. The Morgan fingerprint density at radius 1 is 1.29 bits per heavy atom. The normalized spacial score (nSPS) is 15.0. The molecule has 0 atom stereocenters. The highest BCUT2D eigenvalue weighted by atomic mass is 32.1. The molecular formula is C14H14F3N3O3S. The van der Waals surface area contributed by atoms with Crippen molar-refractivity contribution in [1.82, 2.24) is 9.97 Å². The molecule has 6 nitrogen and oxygen atoms in total. The van der Waals surface area contributed by atoms with E-state index in [-0.39, 0.29) is 11.8 Å². The predicted octanol–water partition coefficient (Wildman–Crippen LogP) is 3.45. The molecular weight excluding hydrogens is 347 g/mol. The van der Waals surface area contributed by atoms with Crippen LogP contribution in [0.4, 0.5) is 18.3 Å². The second-order valence-corrected chi connectivity index (χ2v) is 6.10. The highest BCUT2D eigenvalue weighted by molar-refractivity contribution is 7.21. The monoisotopic (exact) mass is 361 g/mol. The molecule has 0 bridgehead atoms. The van der Waals surface area contributed by atoms with Crippen molar-refractivity contribution in [3.8, 4) is 0 Å². The summed E-state index contributed by atoms with van der Waals surface area (Å²) in [6.07, 6.45) is 1.01. The third-order valence-electron chi connectivity index (χ3n) is 3.37. The van der Waals surface area contributed by atoms with Crippen molar-refractivity contribution in [2.75, 3.05) is 5.32 Å². The molecule has 1 amide bonds. The van der Waals surface area contributed by atoms with Crippen LogP contribution in [0.25, 0.3) is 10.3 Å². The second-order valence-electron chi connectivity index (χ2n) is 5.12. The summed E-state index contributed by atoms with van der Waals surface area (Å²) < 4.78 is 31.7. The van der Waals surface area contributed by atoms with Gasteiger partial charge in [-0.15, -0.1) is 0 Å². The minimum Gasteiger partial charge on any atom is -0.475 e. The van der Waals surface area contributed by atoms with Crippen molar-refractivity contribution in [2.45, 2.75) is 31.9 Å². The number of carbonyl (C=O) groups is 2. The first-order valence-electron chi connectivity index (χ1n) is 7.10. The van der Waals surface area contributed by atoms with E-state index in [1.54, 1.807) is 6.20 Å². The van der Waals surface area contributed by atoms with Gasteiger partial charge < -0.3 is 10.4 Å². The van der Waals surface area contributed by atoms with Crippen LogP contribution in [0.5, 0.6) is 0 Å². The summed E-state index contributed by atoms with van der Waals surface area (Å²) in [5, 5.41) is 10.7. The zero-order valence-corrected chi connectivity index (χ0v) is 13.2. The molecule has 1 aliphatic carbocycles. The predicted molar refractivity (Wildman–Crippen MR) is 81.7 cm³/mol. The summed E-state index contributed by atoms with van der Waals surface area (Å²) in [6, 6.07) is 3.76. The molecule has 0 unspecified atom stereocenters. The van der Waals surface area contributed by atoms with Crippen molar-refractivity contribution >= 4 is 38.7 Å². The molecule has 1 aliphatic rings. The maximum Gasteiger partial charge on any atom is 0.490 e. The molecule has 0 aromatic carbocycles. The van der Waals surface area contributed by atoms with E-state index in [9.17, 15) is 18.0 Å². The molecule has 3 rings (SSSR count). The number of halogens is 3. The van der Waals surface area contributed by atoms with Crippen LogP contribution in [0.3, 0.4) is 0 Å². The summed E-state index contributed by atoms with van der Waals surface area (Å²) in [7, 11) is 0. The van der Waals surface area contributed by atoms with E-state index in [1.807, 2.05) is 12.1 Å². The van der Waals surface area contributed by atoms with Gasteiger partial charge in [-0.1, -0.05) is 24.2 Å². The molecule has 2 N–H and O–H groups in total. The molecule has 0 radical (unpaired) electrons. The lowest BCUT2D eigenvalue weighted by molar-refractivity contribution is -0.192. The molecule has 0 saturated heterocycles. The highest BCUT2D eigenvalue weighted by Gasteiger charge is 2.38. The number of nitrogens with one attached hydrogen (secondary N) is 1. The summed E-state index contributed by atoms with van der Waals surface area (Å²) in [5.74, 6) is -2.47. The second kappa shape index (κ2) is 7.56. The Labute approximate surface area is 138 Å². The molecule has 0 spiro atoms. The van der Waals surface area contributed by atoms with Crippen molar-refractivity contribution in [2.24, 2.45) is 5.92 Å². The van der Waals surface area contributed by atoms with Gasteiger partial charge in [0.15, 0.2) is 5.13 Å². The SMILES string of the molecule is O=C(Nc1nc2cccnc2s1)C1CCCC1.O=C(O)C(F)(F)F. The number of aliphatic carboxylic acids is 1. The van der Waals surface area contributed by atoms with Gasteiger partial charge in [-0.05, 0) is 25.0 Å². The molecule has 2 heterocycles. The minimum absolute atomic E-state index is 0.113. The number of carboxylic acids is 1. The number of carboxylic acid groups (broad SMARTS) is 1. The average molecular weight is 361 g/mol. The van der Waals surface area contributed by atoms with Crippen LogP contribution in [0.1, 0.15) is 25.7 Å². The van der Waals surface area contributed by atoms with Crippen LogP contribution < -0.4 is 5.32 Å². The number of aromatic nitrogens is 2. The van der Waals surface area contributed by atoms with Gasteiger partial charge in [-0.3, -0.25) is 4.79 Å². The number of hydrogen-bond acceptors (Lipinski definition) is 5. The maximum absolute atomic E-state index is 11.9. The number of anilines is 1. The number of rotatable bonds is 2. The standard InChI is InChI=1S/C12H13N3OS.C2HF3O2/c16-10(8-4-1-2-5-8)15-12-14-9-6-3-7-13-11(9)17-12;3-2(4,5)1(6)7/h3,6-8H,1-2,4-5H2,(H,14,15,16);(H,6,7). The van der Waals surface area contributed by atoms with Crippen LogP contribution in [0, 0.1) is 5.92 Å². The van der Waals surface area contributed by atoms with Gasteiger partial charge in [0.2, 0.25) is 5.91 Å². The van der Waals surface area contributed by atoms with Crippen LogP contribution in [0.2, 0.25) is 0 Å². The maximum atomic E-state index is 11.9. The number of carbonyl (C=O) groups excluding carboxylic acids is 1.